The van der Waals surface area contributed by atoms with Crippen LogP contribution in [0.1, 0.15) is 37.5 Å². The van der Waals surface area contributed by atoms with Crippen LogP contribution in [0.2, 0.25) is 0 Å². The minimum absolute atomic E-state index is 0.0921. The molecule has 36 heavy (non-hydrogen) atoms. The number of aromatic nitrogens is 5. The number of carbonyl (C=O) groups excluding carboxylic acids is 1. The first-order valence-electron chi connectivity index (χ1n) is 11.3. The molecule has 0 radical (unpaired) electrons. The molecule has 0 aliphatic carbocycles. The SMILES string of the molecule is Cc1c(-c2cccc(C#N)c2)nc(N)nc1-c1cn(Cc2ccccc2NC(=O)OC(C)(C)C)nn1. The Bertz CT molecular complexity index is 1460. The van der Waals surface area contributed by atoms with E-state index >= 15 is 0 Å². The highest BCUT2D eigenvalue weighted by atomic mass is 16.6. The van der Waals surface area contributed by atoms with Crippen molar-refractivity contribution in [3.63, 3.8) is 0 Å². The fourth-order valence-electron chi connectivity index (χ4n) is 3.65. The molecule has 3 N–H and O–H groups in total. The topological polar surface area (TPSA) is 145 Å². The number of nitrogens with one attached hydrogen (secondary N) is 1. The number of hydrogen-bond donors (Lipinski definition) is 2. The van der Waals surface area contributed by atoms with Gasteiger partial charge in [-0.15, -0.1) is 5.10 Å². The second-order valence-electron chi connectivity index (χ2n) is 9.18. The number of anilines is 2. The summed E-state index contributed by atoms with van der Waals surface area (Å²) in [6.07, 6.45) is 1.23. The van der Waals surface area contributed by atoms with E-state index < -0.39 is 11.7 Å². The fraction of sp³-hybridized carbons (Fsp3) is 0.231. The van der Waals surface area contributed by atoms with Crippen LogP contribution in [0.25, 0.3) is 22.6 Å². The van der Waals surface area contributed by atoms with Crippen molar-refractivity contribution in [2.75, 3.05) is 11.1 Å². The first kappa shape index (κ1) is 24.3. The zero-order valence-electron chi connectivity index (χ0n) is 20.5. The Kier molecular flexibility index (Phi) is 6.65. The maximum Gasteiger partial charge on any atom is 0.412 e. The van der Waals surface area contributed by atoms with Crippen LogP contribution in [-0.2, 0) is 11.3 Å². The van der Waals surface area contributed by atoms with E-state index in [4.69, 9.17) is 10.5 Å². The van der Waals surface area contributed by atoms with E-state index in [9.17, 15) is 10.1 Å². The number of benzene rings is 2. The molecule has 1 amide bonds. The number of nitriles is 1. The summed E-state index contributed by atoms with van der Waals surface area (Å²) in [6.45, 7) is 7.66. The van der Waals surface area contributed by atoms with Gasteiger partial charge in [-0.05, 0) is 51.5 Å². The van der Waals surface area contributed by atoms with Crippen molar-refractivity contribution in [1.29, 1.82) is 5.26 Å². The van der Waals surface area contributed by atoms with Gasteiger partial charge in [0, 0.05) is 16.8 Å². The van der Waals surface area contributed by atoms with Crippen LogP contribution in [0, 0.1) is 18.3 Å². The number of rotatable bonds is 5. The molecule has 0 saturated carbocycles. The average molecular weight is 483 g/mol. The molecule has 0 bridgehead atoms. The predicted octanol–water partition coefficient (Wildman–Crippen LogP) is 4.56. The Hall–Kier alpha value is -4.78. The predicted molar refractivity (Wildman–Crippen MR) is 136 cm³/mol. The lowest BCUT2D eigenvalue weighted by atomic mass is 10.0. The maximum absolute atomic E-state index is 12.3. The summed E-state index contributed by atoms with van der Waals surface area (Å²) in [5, 5.41) is 20.6. The Labute approximate surface area is 208 Å². The standard InChI is InChI=1S/C26H26N8O2/c1-16-22(18-10-7-8-17(12-18)13-27)30-24(28)31-23(16)21-15-34(33-32-21)14-19-9-5-6-11-20(19)29-25(35)36-26(2,3)4/h5-12,15H,14H2,1-4H3,(H,29,35)(H2,28,30,31). The van der Waals surface area contributed by atoms with Gasteiger partial charge < -0.3 is 10.5 Å². The minimum atomic E-state index is -0.605. The van der Waals surface area contributed by atoms with E-state index in [-0.39, 0.29) is 5.95 Å². The number of nitrogens with zero attached hydrogens (tertiary/aromatic N) is 6. The number of nitrogens with two attached hydrogens (primary N) is 1. The van der Waals surface area contributed by atoms with E-state index in [0.29, 0.717) is 34.9 Å². The molecule has 10 heteroatoms. The van der Waals surface area contributed by atoms with Crippen molar-refractivity contribution in [2.45, 2.75) is 39.8 Å². The maximum atomic E-state index is 12.3. The highest BCUT2D eigenvalue weighted by Gasteiger charge is 2.19. The molecule has 10 nitrogen and oxygen atoms in total. The van der Waals surface area contributed by atoms with Gasteiger partial charge in [0.25, 0.3) is 0 Å². The number of nitrogen functional groups attached to an aromatic ring is 1. The molecular weight excluding hydrogens is 456 g/mol. The van der Waals surface area contributed by atoms with Crippen molar-refractivity contribution < 1.29 is 9.53 Å². The van der Waals surface area contributed by atoms with Gasteiger partial charge in [-0.25, -0.2) is 19.4 Å². The zero-order chi connectivity index (χ0) is 25.9. The molecule has 2 heterocycles. The molecule has 0 aliphatic heterocycles. The van der Waals surface area contributed by atoms with Crippen molar-refractivity contribution >= 4 is 17.7 Å². The summed E-state index contributed by atoms with van der Waals surface area (Å²) < 4.78 is 7.02. The van der Waals surface area contributed by atoms with Crippen molar-refractivity contribution in [1.82, 2.24) is 25.0 Å². The van der Waals surface area contributed by atoms with Gasteiger partial charge in [-0.3, -0.25) is 5.32 Å². The third kappa shape index (κ3) is 5.64. The Balaban J connectivity index is 1.61. The summed E-state index contributed by atoms with van der Waals surface area (Å²) in [5.74, 6) is 0.0921. The molecule has 0 unspecified atom stereocenters. The molecule has 2 aromatic carbocycles. The molecule has 4 rings (SSSR count). The van der Waals surface area contributed by atoms with Crippen LogP contribution in [0.4, 0.5) is 16.4 Å². The molecule has 4 aromatic rings. The molecular formula is C26H26N8O2. The van der Waals surface area contributed by atoms with Gasteiger partial charge in [0.15, 0.2) is 0 Å². The number of para-hydroxylation sites is 1. The molecule has 0 atom stereocenters. The van der Waals surface area contributed by atoms with Crippen molar-refractivity contribution in [2.24, 2.45) is 0 Å². The number of carbonyl (C=O) groups is 1. The zero-order valence-corrected chi connectivity index (χ0v) is 20.5. The summed E-state index contributed by atoms with van der Waals surface area (Å²) in [6, 6.07) is 16.7. The van der Waals surface area contributed by atoms with Crippen LogP contribution in [0.3, 0.4) is 0 Å². The molecule has 0 aliphatic rings. The monoisotopic (exact) mass is 482 g/mol. The fourth-order valence-corrected chi connectivity index (χ4v) is 3.65. The first-order valence-corrected chi connectivity index (χ1v) is 11.3. The quantitative estimate of drug-likeness (QED) is 0.421. The molecule has 182 valence electrons. The van der Waals surface area contributed by atoms with E-state index in [1.165, 1.54) is 0 Å². The van der Waals surface area contributed by atoms with Gasteiger partial charge >= 0.3 is 6.09 Å². The molecule has 0 spiro atoms. The second-order valence-corrected chi connectivity index (χ2v) is 9.18. The van der Waals surface area contributed by atoms with Gasteiger partial charge in [0.2, 0.25) is 5.95 Å². The molecule has 0 saturated heterocycles. The number of hydrogen-bond acceptors (Lipinski definition) is 8. The second kappa shape index (κ2) is 9.84. The third-order valence-corrected chi connectivity index (χ3v) is 5.19. The number of amides is 1. The smallest absolute Gasteiger partial charge is 0.412 e. The van der Waals surface area contributed by atoms with E-state index in [1.54, 1.807) is 35.1 Å². The van der Waals surface area contributed by atoms with Gasteiger partial charge in [-0.1, -0.05) is 35.5 Å². The lowest BCUT2D eigenvalue weighted by molar-refractivity contribution is 0.0635. The number of ether oxygens (including phenoxy) is 1. The summed E-state index contributed by atoms with van der Waals surface area (Å²) in [7, 11) is 0. The average Bonchev–Trinajstić information content (AvgIpc) is 3.28. The summed E-state index contributed by atoms with van der Waals surface area (Å²) in [4.78, 5) is 21.1. The lowest BCUT2D eigenvalue weighted by Gasteiger charge is -2.20. The summed E-state index contributed by atoms with van der Waals surface area (Å²) >= 11 is 0. The Morgan fingerprint density at radius 1 is 1.14 bits per heavy atom. The van der Waals surface area contributed by atoms with Crippen LogP contribution in [-0.4, -0.2) is 36.7 Å². The van der Waals surface area contributed by atoms with Crippen LogP contribution < -0.4 is 11.1 Å². The van der Waals surface area contributed by atoms with Gasteiger partial charge in [0.05, 0.1) is 30.1 Å². The van der Waals surface area contributed by atoms with Crippen molar-refractivity contribution in [3.05, 3.63) is 71.4 Å². The normalized spacial score (nSPS) is 11.1. The molecule has 0 fully saturated rings. The van der Waals surface area contributed by atoms with E-state index in [1.807, 2.05) is 52.0 Å². The largest absolute Gasteiger partial charge is 0.444 e. The highest BCUT2D eigenvalue weighted by Crippen LogP contribution is 2.29. The van der Waals surface area contributed by atoms with Crippen LogP contribution >= 0.6 is 0 Å². The highest BCUT2D eigenvalue weighted by molar-refractivity contribution is 5.86. The Morgan fingerprint density at radius 3 is 2.64 bits per heavy atom. The molecule has 2 aromatic heterocycles. The van der Waals surface area contributed by atoms with Crippen molar-refractivity contribution in [3.8, 4) is 28.7 Å². The first-order chi connectivity index (χ1) is 17.1. The third-order valence-electron chi connectivity index (χ3n) is 5.19. The van der Waals surface area contributed by atoms with Gasteiger partial charge in [0.1, 0.15) is 17.0 Å². The summed E-state index contributed by atoms with van der Waals surface area (Å²) in [5.41, 5.74) is 10.6. The van der Waals surface area contributed by atoms with E-state index in [0.717, 1.165) is 16.7 Å². The van der Waals surface area contributed by atoms with Crippen LogP contribution in [0.5, 0.6) is 0 Å². The Morgan fingerprint density at radius 2 is 1.89 bits per heavy atom. The lowest BCUT2D eigenvalue weighted by Crippen LogP contribution is -2.27. The van der Waals surface area contributed by atoms with E-state index in [2.05, 4.69) is 31.7 Å². The minimum Gasteiger partial charge on any atom is -0.444 e. The van der Waals surface area contributed by atoms with Crippen LogP contribution in [0.15, 0.2) is 54.7 Å². The van der Waals surface area contributed by atoms with Gasteiger partial charge in [-0.2, -0.15) is 5.26 Å².